The van der Waals surface area contributed by atoms with Crippen LogP contribution in [0.5, 0.6) is 0 Å². The summed E-state index contributed by atoms with van der Waals surface area (Å²) in [7, 11) is 0. The van der Waals surface area contributed by atoms with Crippen molar-refractivity contribution in [1.82, 2.24) is 0 Å². The summed E-state index contributed by atoms with van der Waals surface area (Å²) in [5.74, 6) is 0. The van der Waals surface area contributed by atoms with Gasteiger partial charge in [0.25, 0.3) is 0 Å². The molecule has 11 aromatic rings. The summed E-state index contributed by atoms with van der Waals surface area (Å²) in [6.07, 6.45) is 0. The van der Waals surface area contributed by atoms with Crippen molar-refractivity contribution in [3.8, 4) is 44.5 Å². The van der Waals surface area contributed by atoms with Crippen LogP contribution in [-0.4, -0.2) is 0 Å². The van der Waals surface area contributed by atoms with Gasteiger partial charge in [0.15, 0.2) is 0 Å². The standard InChI is InChI=1S/C68H47N/c1-6-23-48(24-7-1)49-41-43-50(44-42-49)56-33-18-21-39-64(56)69(55-45-46-62-59(47-55)57-34-16-19-36-60(57)67(62,51-25-8-2-9-26-51)52-27-10-3-11-28-52)65-40-22-38-63-66(65)58-35-17-20-37-61(58)68(63,53-29-12-4-13-30-53)54-31-14-5-15-32-54/h1-47H. The third-order valence-corrected chi connectivity index (χ3v) is 14.8. The van der Waals surface area contributed by atoms with E-state index in [1.54, 1.807) is 0 Å². The van der Waals surface area contributed by atoms with E-state index in [-0.39, 0.29) is 0 Å². The molecule has 0 bridgehead atoms. The minimum Gasteiger partial charge on any atom is -0.309 e. The van der Waals surface area contributed by atoms with Gasteiger partial charge in [0.2, 0.25) is 0 Å². The minimum absolute atomic E-state index is 0.506. The van der Waals surface area contributed by atoms with E-state index in [2.05, 4.69) is 290 Å². The molecule has 0 aliphatic heterocycles. The van der Waals surface area contributed by atoms with Crippen molar-refractivity contribution in [2.75, 3.05) is 4.90 Å². The van der Waals surface area contributed by atoms with E-state index >= 15 is 0 Å². The lowest BCUT2D eigenvalue weighted by atomic mass is 9.67. The van der Waals surface area contributed by atoms with Crippen LogP contribution < -0.4 is 4.90 Å². The third-order valence-electron chi connectivity index (χ3n) is 14.8. The summed E-state index contributed by atoms with van der Waals surface area (Å²) in [4.78, 5) is 2.55. The van der Waals surface area contributed by atoms with E-state index in [0.717, 1.165) is 28.2 Å². The van der Waals surface area contributed by atoms with Crippen LogP contribution in [0.25, 0.3) is 44.5 Å². The van der Waals surface area contributed by atoms with Crippen LogP contribution in [0.15, 0.2) is 285 Å². The smallest absolute Gasteiger partial charge is 0.0714 e. The summed E-state index contributed by atoms with van der Waals surface area (Å²) < 4.78 is 0. The van der Waals surface area contributed by atoms with Gasteiger partial charge in [-0.05, 0) is 102 Å². The Kier molecular flexibility index (Phi) is 9.70. The zero-order valence-electron chi connectivity index (χ0n) is 38.1. The van der Waals surface area contributed by atoms with Crippen LogP contribution >= 0.6 is 0 Å². The quantitative estimate of drug-likeness (QED) is 0.140. The maximum atomic E-state index is 2.55. The molecule has 0 atom stereocenters. The Morgan fingerprint density at radius 2 is 0.623 bits per heavy atom. The monoisotopic (exact) mass is 877 g/mol. The normalized spacial score (nSPS) is 13.4. The highest BCUT2D eigenvalue weighted by molar-refractivity contribution is 6.01. The Bertz CT molecular complexity index is 3560. The molecule has 324 valence electrons. The maximum absolute atomic E-state index is 2.55. The van der Waals surface area contributed by atoms with E-state index in [4.69, 9.17) is 0 Å². The highest BCUT2D eigenvalue weighted by Gasteiger charge is 2.49. The van der Waals surface area contributed by atoms with E-state index in [9.17, 15) is 0 Å². The lowest BCUT2D eigenvalue weighted by Gasteiger charge is -2.35. The lowest BCUT2D eigenvalue weighted by molar-refractivity contribution is 0.768. The molecule has 0 spiro atoms. The zero-order chi connectivity index (χ0) is 45.8. The van der Waals surface area contributed by atoms with Gasteiger partial charge in [-0.3, -0.25) is 0 Å². The Labute approximate surface area is 404 Å². The average molecular weight is 878 g/mol. The lowest BCUT2D eigenvalue weighted by Crippen LogP contribution is -2.28. The number of nitrogens with zero attached hydrogens (tertiary/aromatic N) is 1. The molecule has 0 fully saturated rings. The molecule has 0 aromatic heterocycles. The highest BCUT2D eigenvalue weighted by atomic mass is 15.1. The number of fused-ring (bicyclic) bond motifs is 6. The Balaban J connectivity index is 1.10. The summed E-state index contributed by atoms with van der Waals surface area (Å²) in [5, 5.41) is 0. The molecule has 0 radical (unpaired) electrons. The van der Waals surface area contributed by atoms with Crippen LogP contribution in [0.3, 0.4) is 0 Å². The van der Waals surface area contributed by atoms with Gasteiger partial charge in [0, 0.05) is 16.8 Å². The SMILES string of the molecule is c1ccc(-c2ccc(-c3ccccc3N(c3ccc4c(c3)-c3ccccc3C4(c3ccccc3)c3ccccc3)c3cccc4c3-c3ccccc3C4(c3ccccc3)c3ccccc3)cc2)cc1. The molecule has 69 heavy (non-hydrogen) atoms. The molecule has 11 aromatic carbocycles. The van der Waals surface area contributed by atoms with E-state index in [1.165, 1.54) is 77.9 Å². The van der Waals surface area contributed by atoms with Gasteiger partial charge in [0.1, 0.15) is 0 Å². The fourth-order valence-corrected chi connectivity index (χ4v) is 12.0. The van der Waals surface area contributed by atoms with Gasteiger partial charge in [-0.15, -0.1) is 0 Å². The Hall–Kier alpha value is -8.78. The molecule has 1 nitrogen and oxygen atoms in total. The highest BCUT2D eigenvalue weighted by Crippen LogP contribution is 2.61. The number of hydrogen-bond donors (Lipinski definition) is 0. The second-order valence-electron chi connectivity index (χ2n) is 18.3. The molecule has 0 saturated carbocycles. The fourth-order valence-electron chi connectivity index (χ4n) is 12.0. The second kappa shape index (κ2) is 16.5. The van der Waals surface area contributed by atoms with E-state index in [1.807, 2.05) is 0 Å². The summed E-state index contributed by atoms with van der Waals surface area (Å²) in [6.45, 7) is 0. The van der Waals surface area contributed by atoms with Gasteiger partial charge in [0.05, 0.1) is 22.2 Å². The van der Waals surface area contributed by atoms with Crippen molar-refractivity contribution in [2.24, 2.45) is 0 Å². The number of rotatable bonds is 9. The van der Waals surface area contributed by atoms with Crippen molar-refractivity contribution < 1.29 is 0 Å². The van der Waals surface area contributed by atoms with Crippen LogP contribution in [-0.2, 0) is 10.8 Å². The predicted octanol–water partition coefficient (Wildman–Crippen LogP) is 17.2. The molecule has 0 N–H and O–H groups in total. The summed E-state index contributed by atoms with van der Waals surface area (Å²) in [5.41, 5.74) is 22.1. The van der Waals surface area contributed by atoms with Gasteiger partial charge >= 0.3 is 0 Å². The fraction of sp³-hybridized carbons (Fsp3) is 0.0294. The van der Waals surface area contributed by atoms with E-state index < -0.39 is 10.8 Å². The van der Waals surface area contributed by atoms with Crippen molar-refractivity contribution in [2.45, 2.75) is 10.8 Å². The van der Waals surface area contributed by atoms with E-state index in [0.29, 0.717) is 0 Å². The topological polar surface area (TPSA) is 3.24 Å². The van der Waals surface area contributed by atoms with Crippen LogP contribution in [0.4, 0.5) is 17.1 Å². The Morgan fingerprint density at radius 1 is 0.232 bits per heavy atom. The number of para-hydroxylation sites is 1. The summed E-state index contributed by atoms with van der Waals surface area (Å²) >= 11 is 0. The second-order valence-corrected chi connectivity index (χ2v) is 18.3. The molecule has 2 aliphatic carbocycles. The van der Waals surface area contributed by atoms with Gasteiger partial charge in [-0.2, -0.15) is 0 Å². The molecular weight excluding hydrogens is 831 g/mol. The van der Waals surface area contributed by atoms with Crippen molar-refractivity contribution in [3.63, 3.8) is 0 Å². The molecule has 0 amide bonds. The maximum Gasteiger partial charge on any atom is 0.0714 e. The molecule has 1 heteroatoms. The number of anilines is 3. The first-order chi connectivity index (χ1) is 34.3. The van der Waals surface area contributed by atoms with Crippen molar-refractivity contribution in [1.29, 1.82) is 0 Å². The largest absolute Gasteiger partial charge is 0.309 e. The van der Waals surface area contributed by atoms with Crippen LogP contribution in [0, 0.1) is 0 Å². The number of hydrogen-bond acceptors (Lipinski definition) is 1. The average Bonchev–Trinajstić information content (AvgIpc) is 3.91. The molecule has 2 aliphatic rings. The summed E-state index contributed by atoms with van der Waals surface area (Å²) in [6, 6.07) is 106. The van der Waals surface area contributed by atoms with Crippen molar-refractivity contribution >= 4 is 17.1 Å². The Morgan fingerprint density at radius 3 is 1.20 bits per heavy atom. The van der Waals surface area contributed by atoms with Crippen LogP contribution in [0.1, 0.15) is 44.5 Å². The minimum atomic E-state index is -0.551. The first kappa shape index (κ1) is 40.5. The molecular formula is C68H47N. The van der Waals surface area contributed by atoms with Gasteiger partial charge in [-0.25, -0.2) is 0 Å². The first-order valence-corrected chi connectivity index (χ1v) is 24.0. The molecule has 13 rings (SSSR count). The predicted molar refractivity (Wildman–Crippen MR) is 287 cm³/mol. The molecule has 0 unspecified atom stereocenters. The first-order valence-electron chi connectivity index (χ1n) is 24.0. The van der Waals surface area contributed by atoms with Crippen LogP contribution in [0.2, 0.25) is 0 Å². The third kappa shape index (κ3) is 6.17. The van der Waals surface area contributed by atoms with Gasteiger partial charge < -0.3 is 4.90 Å². The number of benzene rings is 11. The zero-order valence-corrected chi connectivity index (χ0v) is 38.1. The van der Waals surface area contributed by atoms with Gasteiger partial charge in [-0.1, -0.05) is 261 Å². The van der Waals surface area contributed by atoms with Crippen molar-refractivity contribution in [3.05, 3.63) is 330 Å². The molecule has 0 heterocycles. The molecule has 0 saturated heterocycles.